The highest BCUT2D eigenvalue weighted by atomic mass is 16.5. The van der Waals surface area contributed by atoms with Crippen LogP contribution in [0.2, 0.25) is 0 Å². The van der Waals surface area contributed by atoms with Gasteiger partial charge in [0.05, 0.1) is 6.61 Å². The molecular formula is C10H10N2O4. The van der Waals surface area contributed by atoms with Gasteiger partial charge in [0.25, 0.3) is 5.56 Å². The minimum Gasteiger partial charge on any atom is -0.464 e. The first-order valence-corrected chi connectivity index (χ1v) is 5.06. The van der Waals surface area contributed by atoms with E-state index in [4.69, 9.17) is 4.74 Å². The number of carbonyl (C=O) groups excluding carboxylic acids is 1. The van der Waals surface area contributed by atoms with Crippen LogP contribution in [0.1, 0.15) is 12.0 Å². The van der Waals surface area contributed by atoms with Crippen molar-refractivity contribution in [3.05, 3.63) is 32.6 Å². The van der Waals surface area contributed by atoms with Crippen molar-refractivity contribution in [3.8, 4) is 0 Å². The first-order chi connectivity index (χ1) is 7.55. The molecule has 2 aliphatic rings. The standard InChI is InChI=1S/C10H10N2O4/c1-5-3-12(9(15)11-7(5)13)10-2-6(10)4-16-8(10)14/h3,6H,2,4H2,1H3,(H,11,13,15). The number of nitrogens with one attached hydrogen (secondary N) is 1. The molecule has 1 aliphatic carbocycles. The third-order valence-electron chi connectivity index (χ3n) is 3.39. The van der Waals surface area contributed by atoms with Crippen LogP contribution in [0, 0.1) is 12.8 Å². The SMILES string of the molecule is Cc1cn(C23CC2COC3=O)c(=O)[nH]c1=O. The second-order valence-corrected chi connectivity index (χ2v) is 4.37. The van der Waals surface area contributed by atoms with Crippen molar-refractivity contribution in [1.29, 1.82) is 0 Å². The van der Waals surface area contributed by atoms with Gasteiger partial charge in [-0.1, -0.05) is 0 Å². The highest BCUT2D eigenvalue weighted by molar-refractivity contribution is 5.85. The molecule has 1 saturated carbocycles. The van der Waals surface area contributed by atoms with E-state index < -0.39 is 16.8 Å². The van der Waals surface area contributed by atoms with E-state index in [1.54, 1.807) is 6.92 Å². The van der Waals surface area contributed by atoms with Gasteiger partial charge in [0.15, 0.2) is 5.54 Å². The predicted octanol–water partition coefficient (Wildman–Crippen LogP) is -0.883. The number of hydrogen-bond acceptors (Lipinski definition) is 4. The lowest BCUT2D eigenvalue weighted by Gasteiger charge is -2.12. The number of H-pyrrole nitrogens is 1. The molecule has 0 bridgehead atoms. The fourth-order valence-electron chi connectivity index (χ4n) is 2.32. The molecule has 16 heavy (non-hydrogen) atoms. The Kier molecular flexibility index (Phi) is 1.54. The normalized spacial score (nSPS) is 31.1. The molecule has 6 nitrogen and oxygen atoms in total. The zero-order valence-electron chi connectivity index (χ0n) is 8.65. The van der Waals surface area contributed by atoms with Crippen molar-refractivity contribution in [2.24, 2.45) is 5.92 Å². The van der Waals surface area contributed by atoms with Crippen LogP contribution >= 0.6 is 0 Å². The molecule has 1 aromatic heterocycles. The van der Waals surface area contributed by atoms with Crippen LogP contribution in [0.5, 0.6) is 0 Å². The predicted molar refractivity (Wildman–Crippen MR) is 53.1 cm³/mol. The van der Waals surface area contributed by atoms with E-state index in [2.05, 4.69) is 4.98 Å². The zero-order chi connectivity index (χ0) is 11.5. The van der Waals surface area contributed by atoms with Gasteiger partial charge in [0.2, 0.25) is 0 Å². The summed E-state index contributed by atoms with van der Waals surface area (Å²) >= 11 is 0. The summed E-state index contributed by atoms with van der Waals surface area (Å²) in [4.78, 5) is 36.7. The van der Waals surface area contributed by atoms with Gasteiger partial charge in [0.1, 0.15) is 0 Å². The van der Waals surface area contributed by atoms with Crippen LogP contribution in [-0.4, -0.2) is 22.1 Å². The largest absolute Gasteiger partial charge is 0.464 e. The average molecular weight is 222 g/mol. The van der Waals surface area contributed by atoms with Crippen LogP contribution in [0.25, 0.3) is 0 Å². The Morgan fingerprint density at radius 2 is 2.25 bits per heavy atom. The smallest absolute Gasteiger partial charge is 0.332 e. The Balaban J connectivity index is 2.22. The van der Waals surface area contributed by atoms with Gasteiger partial charge in [-0.15, -0.1) is 0 Å². The Labute approximate surface area is 89.9 Å². The van der Waals surface area contributed by atoms with E-state index in [0.717, 1.165) is 0 Å². The molecule has 6 heteroatoms. The molecule has 2 heterocycles. The minimum absolute atomic E-state index is 0.0722. The minimum atomic E-state index is -0.841. The van der Waals surface area contributed by atoms with Crippen LogP contribution in [0.15, 0.2) is 15.8 Å². The summed E-state index contributed by atoms with van der Waals surface area (Å²) in [5, 5.41) is 0. The van der Waals surface area contributed by atoms with Gasteiger partial charge in [-0.25, -0.2) is 9.59 Å². The lowest BCUT2D eigenvalue weighted by Crippen LogP contribution is -2.40. The molecule has 1 saturated heterocycles. The van der Waals surface area contributed by atoms with Crippen molar-refractivity contribution in [2.75, 3.05) is 6.61 Å². The molecule has 1 aromatic rings. The molecule has 0 amide bonds. The topological polar surface area (TPSA) is 81.2 Å². The summed E-state index contributed by atoms with van der Waals surface area (Å²) < 4.78 is 6.22. The van der Waals surface area contributed by atoms with Gasteiger partial charge in [-0.2, -0.15) is 0 Å². The van der Waals surface area contributed by atoms with Crippen LogP contribution in [0.3, 0.4) is 0 Å². The van der Waals surface area contributed by atoms with Gasteiger partial charge in [-0.3, -0.25) is 14.3 Å². The molecule has 1 N–H and O–H groups in total. The number of aromatic amines is 1. The van der Waals surface area contributed by atoms with Crippen LogP contribution in [-0.2, 0) is 15.1 Å². The van der Waals surface area contributed by atoms with Gasteiger partial charge in [-0.05, 0) is 13.3 Å². The van der Waals surface area contributed by atoms with E-state index in [1.807, 2.05) is 0 Å². The maximum absolute atomic E-state index is 11.7. The first kappa shape index (κ1) is 9.38. The number of hydrogen-bond donors (Lipinski definition) is 1. The number of esters is 1. The molecule has 0 radical (unpaired) electrons. The van der Waals surface area contributed by atoms with E-state index in [1.165, 1.54) is 10.8 Å². The summed E-state index contributed by atoms with van der Waals surface area (Å²) in [6, 6.07) is 0. The monoisotopic (exact) mass is 222 g/mol. The van der Waals surface area contributed by atoms with Crippen molar-refractivity contribution < 1.29 is 9.53 Å². The van der Waals surface area contributed by atoms with E-state index in [-0.39, 0.29) is 11.9 Å². The maximum Gasteiger partial charge on any atom is 0.332 e. The number of rotatable bonds is 1. The quantitative estimate of drug-likeness (QED) is 0.625. The Hall–Kier alpha value is -1.85. The maximum atomic E-state index is 11.7. The number of aromatic nitrogens is 2. The number of fused-ring (bicyclic) bond motifs is 1. The van der Waals surface area contributed by atoms with Crippen molar-refractivity contribution in [2.45, 2.75) is 18.9 Å². The Bertz CT molecular complexity index is 600. The number of cyclic esters (lactones) is 1. The molecule has 84 valence electrons. The average Bonchev–Trinajstić information content (AvgIpc) is 2.88. The molecular weight excluding hydrogens is 212 g/mol. The second-order valence-electron chi connectivity index (χ2n) is 4.37. The number of carbonyl (C=O) groups is 1. The zero-order valence-corrected chi connectivity index (χ0v) is 8.65. The fraction of sp³-hybridized carbons (Fsp3) is 0.500. The summed E-state index contributed by atoms with van der Waals surface area (Å²) in [5.74, 6) is -0.297. The Morgan fingerprint density at radius 3 is 2.81 bits per heavy atom. The summed E-state index contributed by atoms with van der Waals surface area (Å²) in [5.41, 5.74) is -1.39. The van der Waals surface area contributed by atoms with Gasteiger partial charge < -0.3 is 4.74 Å². The van der Waals surface area contributed by atoms with E-state index in [0.29, 0.717) is 18.6 Å². The highest BCUT2D eigenvalue weighted by Crippen LogP contribution is 2.54. The highest BCUT2D eigenvalue weighted by Gasteiger charge is 2.68. The molecule has 3 rings (SSSR count). The lowest BCUT2D eigenvalue weighted by molar-refractivity contribution is -0.144. The first-order valence-electron chi connectivity index (χ1n) is 5.06. The molecule has 0 aromatic carbocycles. The number of aryl methyl sites for hydroxylation is 1. The fourth-order valence-corrected chi connectivity index (χ4v) is 2.32. The third kappa shape index (κ3) is 0.937. The van der Waals surface area contributed by atoms with E-state index in [9.17, 15) is 14.4 Å². The lowest BCUT2D eigenvalue weighted by atomic mass is 10.2. The third-order valence-corrected chi connectivity index (χ3v) is 3.39. The van der Waals surface area contributed by atoms with E-state index >= 15 is 0 Å². The molecule has 0 spiro atoms. The molecule has 2 unspecified atom stereocenters. The molecule has 2 atom stereocenters. The number of ether oxygens (including phenoxy) is 1. The van der Waals surface area contributed by atoms with Crippen LogP contribution < -0.4 is 11.2 Å². The summed E-state index contributed by atoms with van der Waals surface area (Å²) in [6.45, 7) is 1.96. The van der Waals surface area contributed by atoms with Gasteiger partial charge in [0, 0.05) is 17.7 Å². The summed E-state index contributed by atoms with van der Waals surface area (Å²) in [6.07, 6.45) is 2.06. The molecule has 2 fully saturated rings. The second kappa shape index (κ2) is 2.63. The molecule has 1 aliphatic heterocycles. The summed E-state index contributed by atoms with van der Waals surface area (Å²) in [7, 11) is 0. The van der Waals surface area contributed by atoms with Crippen molar-refractivity contribution in [1.82, 2.24) is 9.55 Å². The van der Waals surface area contributed by atoms with Crippen LogP contribution in [0.4, 0.5) is 0 Å². The Morgan fingerprint density at radius 1 is 1.50 bits per heavy atom. The van der Waals surface area contributed by atoms with Gasteiger partial charge >= 0.3 is 11.7 Å². The van der Waals surface area contributed by atoms with Crippen molar-refractivity contribution in [3.63, 3.8) is 0 Å². The van der Waals surface area contributed by atoms with Crippen molar-refractivity contribution >= 4 is 5.97 Å². The number of nitrogens with zero attached hydrogens (tertiary/aromatic N) is 1.